The summed E-state index contributed by atoms with van der Waals surface area (Å²) in [5.41, 5.74) is 3.09. The van der Waals surface area contributed by atoms with Crippen LogP contribution in [0.5, 0.6) is 0 Å². The topological polar surface area (TPSA) is 104 Å². The normalized spacial score (nSPS) is 18.0. The average molecular weight is 438 g/mol. The summed E-state index contributed by atoms with van der Waals surface area (Å²) in [5, 5.41) is 17.2. The number of Topliss-reactive ketones (excluding diaryl/α,β-unsaturated/α-hetero) is 2. The quantitative estimate of drug-likeness (QED) is 0.340. The Labute approximate surface area is 191 Å². The molecule has 1 aliphatic rings. The van der Waals surface area contributed by atoms with Crippen molar-refractivity contribution in [3.63, 3.8) is 0 Å². The van der Waals surface area contributed by atoms with Gasteiger partial charge in [0.1, 0.15) is 5.92 Å². The average Bonchev–Trinajstić information content (AvgIpc) is 3.09. The van der Waals surface area contributed by atoms with E-state index in [4.69, 9.17) is 5.26 Å². The Balaban J connectivity index is 1.81. The van der Waals surface area contributed by atoms with Crippen molar-refractivity contribution in [2.75, 3.05) is 4.90 Å². The summed E-state index contributed by atoms with van der Waals surface area (Å²) in [6, 6.07) is 18.1. The molecule has 2 heterocycles. The van der Waals surface area contributed by atoms with E-state index < -0.39 is 29.4 Å². The number of rotatable bonds is 5. The summed E-state index contributed by atoms with van der Waals surface area (Å²) in [6.45, 7) is 5.87. The van der Waals surface area contributed by atoms with Gasteiger partial charge >= 0.3 is 0 Å². The van der Waals surface area contributed by atoms with E-state index in [0.29, 0.717) is 28.3 Å². The number of carbonyl (C=O) groups excluding carboxylic acids is 3. The first kappa shape index (κ1) is 22.0. The zero-order chi connectivity index (χ0) is 23.7. The smallest absolute Gasteiger partial charge is 0.293 e. The second-order valence-electron chi connectivity index (χ2n) is 8.37. The number of hydrogen-bond acceptors (Lipinski definition) is 6. The molecule has 0 aliphatic carbocycles. The predicted molar refractivity (Wildman–Crippen MR) is 122 cm³/mol. The lowest BCUT2D eigenvalue weighted by Crippen LogP contribution is -2.31. The molecule has 0 bridgehead atoms. The molecule has 1 amide bonds. The van der Waals surface area contributed by atoms with Gasteiger partial charge in [-0.2, -0.15) is 10.4 Å². The molecule has 1 aromatic heterocycles. The molecule has 0 spiro atoms. The van der Waals surface area contributed by atoms with Crippen LogP contribution in [0.25, 0.3) is 0 Å². The van der Waals surface area contributed by atoms with Crippen molar-refractivity contribution in [1.29, 1.82) is 5.26 Å². The first-order chi connectivity index (χ1) is 15.8. The lowest BCUT2D eigenvalue weighted by Gasteiger charge is -2.26. The Morgan fingerprint density at radius 3 is 2.18 bits per heavy atom. The van der Waals surface area contributed by atoms with Crippen LogP contribution in [0.2, 0.25) is 0 Å². The van der Waals surface area contributed by atoms with Crippen molar-refractivity contribution in [1.82, 2.24) is 10.2 Å². The summed E-state index contributed by atoms with van der Waals surface area (Å²) in [7, 11) is 0. The Hall–Kier alpha value is -4.18. The molecule has 1 saturated heterocycles. The highest BCUT2D eigenvalue weighted by atomic mass is 16.2. The summed E-state index contributed by atoms with van der Waals surface area (Å²) in [5.74, 6) is -2.77. The van der Waals surface area contributed by atoms with Gasteiger partial charge in [-0.3, -0.25) is 19.3 Å². The number of nitriles is 1. The number of amides is 1. The molecular weight excluding hydrogens is 416 g/mol. The predicted octanol–water partition coefficient (Wildman–Crippen LogP) is 3.94. The highest BCUT2D eigenvalue weighted by molar-refractivity contribution is 6.48. The third kappa shape index (κ3) is 4.03. The summed E-state index contributed by atoms with van der Waals surface area (Å²) in [4.78, 5) is 41.0. The molecule has 33 heavy (non-hydrogen) atoms. The molecule has 0 N–H and O–H groups in total. The zero-order valence-corrected chi connectivity index (χ0v) is 18.5. The third-order valence-corrected chi connectivity index (χ3v) is 5.86. The monoisotopic (exact) mass is 438 g/mol. The van der Waals surface area contributed by atoms with Crippen molar-refractivity contribution >= 4 is 23.3 Å². The molecule has 7 heteroatoms. The summed E-state index contributed by atoms with van der Waals surface area (Å²) < 4.78 is 0. The first-order valence-corrected chi connectivity index (χ1v) is 10.6. The van der Waals surface area contributed by atoms with E-state index in [-0.39, 0.29) is 5.82 Å². The number of benzene rings is 2. The van der Waals surface area contributed by atoms with Crippen LogP contribution in [0.1, 0.15) is 58.5 Å². The van der Waals surface area contributed by atoms with Crippen LogP contribution < -0.4 is 4.90 Å². The van der Waals surface area contributed by atoms with Crippen LogP contribution in [-0.2, 0) is 9.59 Å². The van der Waals surface area contributed by atoms with Crippen LogP contribution in [0.3, 0.4) is 0 Å². The summed E-state index contributed by atoms with van der Waals surface area (Å²) >= 11 is 0. The molecule has 1 fully saturated rings. The maximum Gasteiger partial charge on any atom is 0.297 e. The summed E-state index contributed by atoms with van der Waals surface area (Å²) in [6.07, 6.45) is 0. The first-order valence-electron chi connectivity index (χ1n) is 10.6. The van der Waals surface area contributed by atoms with E-state index in [1.807, 2.05) is 18.2 Å². The number of carbonyl (C=O) groups is 3. The van der Waals surface area contributed by atoms with E-state index in [0.717, 1.165) is 5.56 Å². The van der Waals surface area contributed by atoms with Crippen LogP contribution in [-0.4, -0.2) is 27.7 Å². The van der Waals surface area contributed by atoms with E-state index in [1.54, 1.807) is 55.5 Å². The number of aromatic nitrogens is 2. The molecule has 2 atom stereocenters. The molecule has 164 valence electrons. The Morgan fingerprint density at radius 2 is 1.64 bits per heavy atom. The van der Waals surface area contributed by atoms with Gasteiger partial charge in [0.05, 0.1) is 23.4 Å². The molecule has 0 radical (unpaired) electrons. The fraction of sp³-hybridized carbons (Fsp3) is 0.231. The number of ketones is 2. The molecule has 7 nitrogen and oxygen atoms in total. The maximum atomic E-state index is 13.5. The Kier molecular flexibility index (Phi) is 5.84. The SMILES string of the molecule is Cc1ccc(N2C(=O)C(=O)C(C(=O)c3ccc(C(C)C)cc3)C2c2ccc(C#N)cc2)nn1. The largest absolute Gasteiger partial charge is 0.297 e. The fourth-order valence-corrected chi connectivity index (χ4v) is 4.01. The molecule has 2 unspecified atom stereocenters. The minimum absolute atomic E-state index is 0.193. The second kappa shape index (κ2) is 8.75. The van der Waals surface area contributed by atoms with E-state index >= 15 is 0 Å². The van der Waals surface area contributed by atoms with Crippen molar-refractivity contribution < 1.29 is 14.4 Å². The maximum absolute atomic E-state index is 13.5. The molecule has 1 aliphatic heterocycles. The van der Waals surface area contributed by atoms with Gasteiger partial charge in [-0.1, -0.05) is 50.2 Å². The number of nitrogens with zero attached hydrogens (tertiary/aromatic N) is 4. The molecule has 0 saturated carbocycles. The zero-order valence-electron chi connectivity index (χ0n) is 18.5. The Morgan fingerprint density at radius 1 is 0.970 bits per heavy atom. The molecule has 3 aromatic rings. The molecule has 4 rings (SSSR count). The van der Waals surface area contributed by atoms with Crippen molar-refractivity contribution in [2.24, 2.45) is 5.92 Å². The van der Waals surface area contributed by atoms with Crippen molar-refractivity contribution in [2.45, 2.75) is 32.7 Å². The lowest BCUT2D eigenvalue weighted by molar-refractivity contribution is -0.135. The highest BCUT2D eigenvalue weighted by Crippen LogP contribution is 2.40. The van der Waals surface area contributed by atoms with Crippen LogP contribution in [0.4, 0.5) is 5.82 Å². The minimum atomic E-state index is -1.24. The van der Waals surface area contributed by atoms with Gasteiger partial charge < -0.3 is 0 Å². The fourth-order valence-electron chi connectivity index (χ4n) is 4.01. The van der Waals surface area contributed by atoms with Crippen LogP contribution >= 0.6 is 0 Å². The van der Waals surface area contributed by atoms with Crippen molar-refractivity contribution in [3.05, 3.63) is 88.6 Å². The number of anilines is 1. The van der Waals surface area contributed by atoms with Gasteiger partial charge in [0.2, 0.25) is 5.78 Å². The van der Waals surface area contributed by atoms with Gasteiger partial charge in [0.15, 0.2) is 11.6 Å². The lowest BCUT2D eigenvalue weighted by atomic mass is 9.85. The third-order valence-electron chi connectivity index (χ3n) is 5.86. The van der Waals surface area contributed by atoms with E-state index in [2.05, 4.69) is 24.0 Å². The number of hydrogen-bond donors (Lipinski definition) is 0. The van der Waals surface area contributed by atoms with Crippen LogP contribution in [0.15, 0.2) is 60.7 Å². The Bertz CT molecular complexity index is 1260. The standard InChI is InChI=1S/C26H22N4O3/c1-15(2)18-9-11-20(12-10-18)24(31)22-23(19-7-5-17(14-27)6-8-19)30(26(33)25(22)32)21-13-4-16(3)28-29-21/h4-13,15,22-23H,1-3H3. The van der Waals surface area contributed by atoms with Gasteiger partial charge in [0, 0.05) is 5.56 Å². The van der Waals surface area contributed by atoms with Gasteiger partial charge in [0.25, 0.3) is 5.91 Å². The molecule has 2 aromatic carbocycles. The van der Waals surface area contributed by atoms with Gasteiger partial charge in [-0.15, -0.1) is 5.10 Å². The van der Waals surface area contributed by atoms with Crippen LogP contribution in [0, 0.1) is 24.2 Å². The van der Waals surface area contributed by atoms with E-state index in [9.17, 15) is 14.4 Å². The van der Waals surface area contributed by atoms with Gasteiger partial charge in [-0.25, -0.2) is 0 Å². The second-order valence-corrected chi connectivity index (χ2v) is 8.37. The minimum Gasteiger partial charge on any atom is -0.293 e. The molecular formula is C26H22N4O3. The highest BCUT2D eigenvalue weighted by Gasteiger charge is 2.52. The van der Waals surface area contributed by atoms with Gasteiger partial charge in [-0.05, 0) is 48.2 Å². The van der Waals surface area contributed by atoms with Crippen molar-refractivity contribution in [3.8, 4) is 6.07 Å². The van der Waals surface area contributed by atoms with E-state index in [1.165, 1.54) is 4.90 Å². The number of aryl methyl sites for hydroxylation is 1.